The minimum atomic E-state index is 0.387. The Balaban J connectivity index is 1.79. The van der Waals surface area contributed by atoms with Crippen LogP contribution in [0.1, 0.15) is 46.0 Å². The molecule has 2 fully saturated rings. The van der Waals surface area contributed by atoms with Crippen LogP contribution in [0.5, 0.6) is 0 Å². The SMILES string of the molecule is CC1CCCC(CC(=O)N2CCNC(C)C2)C1. The monoisotopic (exact) mass is 238 g/mol. The van der Waals surface area contributed by atoms with Crippen molar-refractivity contribution in [2.75, 3.05) is 19.6 Å². The second-order valence-electron chi connectivity index (χ2n) is 6.04. The summed E-state index contributed by atoms with van der Waals surface area (Å²) in [5.74, 6) is 1.86. The first kappa shape index (κ1) is 12.9. The topological polar surface area (TPSA) is 32.3 Å². The van der Waals surface area contributed by atoms with E-state index in [0.717, 1.165) is 32.0 Å². The molecule has 2 rings (SSSR count). The van der Waals surface area contributed by atoms with E-state index in [-0.39, 0.29) is 0 Å². The molecule has 3 heteroatoms. The van der Waals surface area contributed by atoms with Crippen molar-refractivity contribution in [3.8, 4) is 0 Å². The smallest absolute Gasteiger partial charge is 0.222 e. The second kappa shape index (κ2) is 5.85. The lowest BCUT2D eigenvalue weighted by Crippen LogP contribution is -2.51. The van der Waals surface area contributed by atoms with E-state index in [4.69, 9.17) is 0 Å². The minimum Gasteiger partial charge on any atom is -0.340 e. The predicted molar refractivity (Wildman–Crippen MR) is 69.8 cm³/mol. The highest BCUT2D eigenvalue weighted by Crippen LogP contribution is 2.31. The molecule has 2 aliphatic rings. The third-order valence-corrected chi connectivity index (χ3v) is 4.23. The summed E-state index contributed by atoms with van der Waals surface area (Å²) in [4.78, 5) is 14.3. The van der Waals surface area contributed by atoms with Gasteiger partial charge in [-0.05, 0) is 31.6 Å². The molecule has 1 N–H and O–H groups in total. The molecule has 1 aliphatic heterocycles. The molecule has 0 aromatic rings. The van der Waals surface area contributed by atoms with Gasteiger partial charge in [-0.25, -0.2) is 0 Å². The van der Waals surface area contributed by atoms with Gasteiger partial charge in [0.25, 0.3) is 0 Å². The molecule has 0 bridgehead atoms. The van der Waals surface area contributed by atoms with Gasteiger partial charge in [-0.3, -0.25) is 4.79 Å². The summed E-state index contributed by atoms with van der Waals surface area (Å²) in [5.41, 5.74) is 0. The van der Waals surface area contributed by atoms with Crippen LogP contribution in [-0.2, 0) is 4.79 Å². The average molecular weight is 238 g/mol. The number of hydrogen-bond acceptors (Lipinski definition) is 2. The Morgan fingerprint density at radius 2 is 2.18 bits per heavy atom. The number of carbonyl (C=O) groups is 1. The number of nitrogens with one attached hydrogen (secondary N) is 1. The van der Waals surface area contributed by atoms with Gasteiger partial charge >= 0.3 is 0 Å². The van der Waals surface area contributed by atoms with Gasteiger partial charge in [0.05, 0.1) is 0 Å². The first-order valence-electron chi connectivity index (χ1n) is 7.16. The molecular weight excluding hydrogens is 212 g/mol. The zero-order chi connectivity index (χ0) is 12.3. The van der Waals surface area contributed by atoms with Crippen LogP contribution in [0.2, 0.25) is 0 Å². The molecule has 1 heterocycles. The number of hydrogen-bond donors (Lipinski definition) is 1. The second-order valence-corrected chi connectivity index (χ2v) is 6.04. The van der Waals surface area contributed by atoms with Gasteiger partial charge < -0.3 is 10.2 Å². The van der Waals surface area contributed by atoms with E-state index in [2.05, 4.69) is 24.1 Å². The molecule has 0 aromatic heterocycles. The fourth-order valence-electron chi connectivity index (χ4n) is 3.28. The van der Waals surface area contributed by atoms with Crippen LogP contribution < -0.4 is 5.32 Å². The van der Waals surface area contributed by atoms with Crippen LogP contribution in [0.3, 0.4) is 0 Å². The molecule has 3 unspecified atom stereocenters. The van der Waals surface area contributed by atoms with Gasteiger partial charge in [-0.15, -0.1) is 0 Å². The molecule has 1 amide bonds. The zero-order valence-corrected chi connectivity index (χ0v) is 11.2. The van der Waals surface area contributed by atoms with E-state index < -0.39 is 0 Å². The standard InChI is InChI=1S/C14H26N2O/c1-11-4-3-5-13(8-11)9-14(17)16-7-6-15-12(2)10-16/h11-13,15H,3-10H2,1-2H3. The minimum absolute atomic E-state index is 0.387. The van der Waals surface area contributed by atoms with Crippen molar-refractivity contribution in [1.82, 2.24) is 10.2 Å². The van der Waals surface area contributed by atoms with Crippen LogP contribution in [0, 0.1) is 11.8 Å². The van der Waals surface area contributed by atoms with E-state index in [0.29, 0.717) is 17.9 Å². The van der Waals surface area contributed by atoms with E-state index in [1.807, 2.05) is 0 Å². The van der Waals surface area contributed by atoms with Gasteiger partial charge in [0.1, 0.15) is 0 Å². The number of amides is 1. The summed E-state index contributed by atoms with van der Waals surface area (Å²) < 4.78 is 0. The van der Waals surface area contributed by atoms with Crippen LogP contribution in [0.4, 0.5) is 0 Å². The number of rotatable bonds is 2. The Morgan fingerprint density at radius 3 is 2.88 bits per heavy atom. The largest absolute Gasteiger partial charge is 0.340 e. The van der Waals surface area contributed by atoms with Crippen molar-refractivity contribution in [2.24, 2.45) is 11.8 Å². The Bertz CT molecular complexity index is 267. The lowest BCUT2D eigenvalue weighted by Gasteiger charge is -2.34. The maximum atomic E-state index is 12.2. The van der Waals surface area contributed by atoms with Crippen molar-refractivity contribution in [1.29, 1.82) is 0 Å². The van der Waals surface area contributed by atoms with E-state index in [1.165, 1.54) is 25.7 Å². The third kappa shape index (κ3) is 3.70. The van der Waals surface area contributed by atoms with Crippen molar-refractivity contribution < 1.29 is 4.79 Å². The average Bonchev–Trinajstić information content (AvgIpc) is 2.29. The lowest BCUT2D eigenvalue weighted by molar-refractivity contribution is -0.133. The van der Waals surface area contributed by atoms with E-state index >= 15 is 0 Å². The molecule has 98 valence electrons. The summed E-state index contributed by atoms with van der Waals surface area (Å²) in [6, 6.07) is 0.456. The number of nitrogens with zero attached hydrogens (tertiary/aromatic N) is 1. The Morgan fingerprint density at radius 1 is 1.35 bits per heavy atom. The molecule has 3 nitrogen and oxygen atoms in total. The summed E-state index contributed by atoms with van der Waals surface area (Å²) in [7, 11) is 0. The van der Waals surface area contributed by atoms with Gasteiger partial charge in [-0.2, -0.15) is 0 Å². The molecular formula is C14H26N2O. The molecule has 1 saturated carbocycles. The predicted octanol–water partition coefficient (Wildman–Crippen LogP) is 2.02. The Labute approximate surface area is 105 Å². The molecule has 0 aromatic carbocycles. The Kier molecular flexibility index (Phi) is 4.43. The Hall–Kier alpha value is -0.570. The van der Waals surface area contributed by atoms with Gasteiger partial charge in [0.15, 0.2) is 0 Å². The fourth-order valence-corrected chi connectivity index (χ4v) is 3.28. The highest BCUT2D eigenvalue weighted by molar-refractivity contribution is 5.76. The van der Waals surface area contributed by atoms with Crippen LogP contribution in [0.15, 0.2) is 0 Å². The third-order valence-electron chi connectivity index (χ3n) is 4.23. The van der Waals surface area contributed by atoms with Crippen LogP contribution >= 0.6 is 0 Å². The van der Waals surface area contributed by atoms with Crippen LogP contribution in [0.25, 0.3) is 0 Å². The molecule has 3 atom stereocenters. The molecule has 17 heavy (non-hydrogen) atoms. The highest BCUT2D eigenvalue weighted by atomic mass is 16.2. The van der Waals surface area contributed by atoms with E-state index in [9.17, 15) is 4.79 Å². The summed E-state index contributed by atoms with van der Waals surface area (Å²) in [6.45, 7) is 7.21. The first-order valence-corrected chi connectivity index (χ1v) is 7.16. The molecule has 0 spiro atoms. The summed E-state index contributed by atoms with van der Waals surface area (Å²) in [6.07, 6.45) is 5.98. The highest BCUT2D eigenvalue weighted by Gasteiger charge is 2.25. The van der Waals surface area contributed by atoms with Crippen molar-refractivity contribution >= 4 is 5.91 Å². The molecule has 1 saturated heterocycles. The van der Waals surface area contributed by atoms with Gasteiger partial charge in [0.2, 0.25) is 5.91 Å². The van der Waals surface area contributed by atoms with Gasteiger partial charge in [0, 0.05) is 32.1 Å². The van der Waals surface area contributed by atoms with Crippen molar-refractivity contribution in [3.05, 3.63) is 0 Å². The lowest BCUT2D eigenvalue weighted by atomic mass is 9.80. The van der Waals surface area contributed by atoms with Crippen molar-refractivity contribution in [2.45, 2.75) is 52.0 Å². The number of carbonyl (C=O) groups excluding carboxylic acids is 1. The molecule has 1 aliphatic carbocycles. The first-order chi connectivity index (χ1) is 8.15. The maximum Gasteiger partial charge on any atom is 0.222 e. The van der Waals surface area contributed by atoms with E-state index in [1.54, 1.807) is 0 Å². The van der Waals surface area contributed by atoms with Crippen molar-refractivity contribution in [3.63, 3.8) is 0 Å². The quantitative estimate of drug-likeness (QED) is 0.798. The summed E-state index contributed by atoms with van der Waals surface area (Å²) in [5, 5.41) is 3.38. The zero-order valence-electron chi connectivity index (χ0n) is 11.2. The molecule has 0 radical (unpaired) electrons. The van der Waals surface area contributed by atoms with Gasteiger partial charge in [-0.1, -0.05) is 19.8 Å². The fraction of sp³-hybridized carbons (Fsp3) is 0.929. The normalized spacial score (nSPS) is 34.7. The summed E-state index contributed by atoms with van der Waals surface area (Å²) >= 11 is 0. The maximum absolute atomic E-state index is 12.2. The number of piperazine rings is 1. The van der Waals surface area contributed by atoms with Crippen LogP contribution in [-0.4, -0.2) is 36.5 Å².